The summed E-state index contributed by atoms with van der Waals surface area (Å²) in [6, 6.07) is 9.88. The van der Waals surface area contributed by atoms with Gasteiger partial charge in [-0.05, 0) is 42.0 Å². The Bertz CT molecular complexity index is 1840. The third-order valence-electron chi connectivity index (χ3n) is 7.29. The first-order valence-electron chi connectivity index (χ1n) is 13.4. The average molecular weight is 625 g/mol. The molecule has 14 heteroatoms. The fourth-order valence-corrected chi connectivity index (χ4v) is 4.99. The molecule has 5 atom stereocenters. The summed E-state index contributed by atoms with van der Waals surface area (Å²) in [7, 11) is 1.34. The molecule has 1 aliphatic rings. The molecule has 1 aromatic heterocycles. The number of rotatable bonds is 7. The molecule has 1 aliphatic heterocycles. The van der Waals surface area contributed by atoms with Crippen molar-refractivity contribution in [2.24, 2.45) is 0 Å². The van der Waals surface area contributed by atoms with Crippen molar-refractivity contribution in [1.82, 2.24) is 0 Å². The van der Waals surface area contributed by atoms with E-state index >= 15 is 0 Å². The van der Waals surface area contributed by atoms with E-state index in [9.17, 15) is 50.4 Å². The SMILES string of the molecule is COc1cc(/C=C/C(=O)O[C@@H]2[C@@H](O)[C@H](O)[C@@H](CO)O[C@H]2c2c(O)cc3oc(-c4ccc(O)c(O)c4)cc(=O)c3c2O)ccc1O. The van der Waals surface area contributed by atoms with Crippen LogP contribution in [0, 0.1) is 0 Å². The Morgan fingerprint density at radius 3 is 2.33 bits per heavy atom. The maximum absolute atomic E-state index is 13.2. The van der Waals surface area contributed by atoms with Crippen LogP contribution in [0.5, 0.6) is 34.5 Å². The largest absolute Gasteiger partial charge is 0.507 e. The van der Waals surface area contributed by atoms with Crippen LogP contribution in [0.15, 0.2) is 63.8 Å². The standard InChI is InChI=1S/C31H28O14/c1-42-21-8-13(2-5-16(21)34)3-7-24(38)45-31-29(41)27(39)23(12-32)44-30(31)26-19(37)11-22-25(28(26)40)18(36)10-20(43-22)14-4-6-15(33)17(35)9-14/h2-11,23,27,29-35,37,39-41H,12H2,1H3/b7-3+/t23-,27-,29+,30+,31-/m1/s1. The molecule has 5 rings (SSSR count). The number of phenols is 5. The normalized spacial score (nSPS) is 21.6. The Morgan fingerprint density at radius 1 is 0.911 bits per heavy atom. The van der Waals surface area contributed by atoms with Crippen LogP contribution < -0.4 is 10.2 Å². The van der Waals surface area contributed by atoms with Gasteiger partial charge in [0.1, 0.15) is 52.6 Å². The molecule has 236 valence electrons. The van der Waals surface area contributed by atoms with Gasteiger partial charge in [-0.15, -0.1) is 0 Å². The average Bonchev–Trinajstić information content (AvgIpc) is 3.00. The number of aromatic hydroxyl groups is 5. The van der Waals surface area contributed by atoms with Gasteiger partial charge >= 0.3 is 5.97 Å². The van der Waals surface area contributed by atoms with Crippen LogP contribution in [0.25, 0.3) is 28.4 Å². The number of fused-ring (bicyclic) bond motifs is 1. The number of aliphatic hydroxyl groups excluding tert-OH is 3. The van der Waals surface area contributed by atoms with Crippen LogP contribution in [-0.2, 0) is 14.3 Å². The molecule has 0 radical (unpaired) electrons. The Kier molecular flexibility index (Phi) is 8.57. The fraction of sp³-hybridized carbons (Fsp3) is 0.226. The lowest BCUT2D eigenvalue weighted by Gasteiger charge is -2.42. The van der Waals surface area contributed by atoms with Crippen LogP contribution in [0.4, 0.5) is 0 Å². The van der Waals surface area contributed by atoms with E-state index in [1.165, 1.54) is 43.5 Å². The van der Waals surface area contributed by atoms with Gasteiger partial charge in [0.15, 0.2) is 34.5 Å². The molecule has 0 saturated carbocycles. The minimum Gasteiger partial charge on any atom is -0.507 e. The smallest absolute Gasteiger partial charge is 0.331 e. The third-order valence-corrected chi connectivity index (χ3v) is 7.29. The van der Waals surface area contributed by atoms with Gasteiger partial charge in [-0.1, -0.05) is 6.07 Å². The summed E-state index contributed by atoms with van der Waals surface area (Å²) in [5.41, 5.74) is -0.971. The van der Waals surface area contributed by atoms with Gasteiger partial charge in [-0.2, -0.15) is 0 Å². The van der Waals surface area contributed by atoms with E-state index in [-0.39, 0.29) is 28.4 Å². The number of ether oxygens (including phenoxy) is 3. The second-order valence-electron chi connectivity index (χ2n) is 10.1. The van der Waals surface area contributed by atoms with E-state index in [0.717, 1.165) is 24.3 Å². The molecular weight excluding hydrogens is 596 g/mol. The lowest BCUT2D eigenvalue weighted by molar-refractivity contribution is -0.240. The highest BCUT2D eigenvalue weighted by atomic mass is 16.6. The Hall–Kier alpha value is -5.28. The summed E-state index contributed by atoms with van der Waals surface area (Å²) in [6.07, 6.45) is -6.29. The molecule has 14 nitrogen and oxygen atoms in total. The molecule has 0 amide bonds. The molecule has 0 spiro atoms. The number of hydrogen-bond acceptors (Lipinski definition) is 14. The van der Waals surface area contributed by atoms with Crippen LogP contribution >= 0.6 is 0 Å². The van der Waals surface area contributed by atoms with E-state index in [1.54, 1.807) is 0 Å². The Labute approximate surface area is 253 Å². The summed E-state index contributed by atoms with van der Waals surface area (Å²) >= 11 is 0. The van der Waals surface area contributed by atoms with Gasteiger partial charge in [0, 0.05) is 23.8 Å². The number of methoxy groups -OCH3 is 1. The summed E-state index contributed by atoms with van der Waals surface area (Å²) in [5, 5.41) is 82.1. The molecule has 1 fully saturated rings. The zero-order chi connectivity index (χ0) is 32.6. The van der Waals surface area contributed by atoms with Gasteiger partial charge in [0.25, 0.3) is 0 Å². The van der Waals surface area contributed by atoms with Gasteiger partial charge in [0.05, 0.1) is 19.3 Å². The molecule has 8 N–H and O–H groups in total. The van der Waals surface area contributed by atoms with Gasteiger partial charge in [0.2, 0.25) is 0 Å². The van der Waals surface area contributed by atoms with Gasteiger partial charge < -0.3 is 59.5 Å². The number of aliphatic hydroxyl groups is 3. The van der Waals surface area contributed by atoms with E-state index in [0.29, 0.717) is 5.56 Å². The zero-order valence-corrected chi connectivity index (χ0v) is 23.4. The van der Waals surface area contributed by atoms with Crippen LogP contribution in [-0.4, -0.2) is 85.0 Å². The van der Waals surface area contributed by atoms with Gasteiger partial charge in [-0.25, -0.2) is 4.79 Å². The molecular formula is C31H28O14. The Morgan fingerprint density at radius 2 is 1.64 bits per heavy atom. The molecule has 3 aromatic carbocycles. The number of esters is 1. The fourth-order valence-electron chi connectivity index (χ4n) is 4.99. The second kappa shape index (κ2) is 12.4. The van der Waals surface area contributed by atoms with E-state index in [2.05, 4.69) is 0 Å². The van der Waals surface area contributed by atoms with Crippen LogP contribution in [0.1, 0.15) is 17.2 Å². The third kappa shape index (κ3) is 5.94. The molecule has 1 saturated heterocycles. The maximum Gasteiger partial charge on any atom is 0.331 e. The minimum atomic E-state index is -1.89. The highest BCUT2D eigenvalue weighted by Gasteiger charge is 2.49. The summed E-state index contributed by atoms with van der Waals surface area (Å²) in [6.45, 7) is -0.807. The van der Waals surface area contributed by atoms with Crippen molar-refractivity contribution in [1.29, 1.82) is 0 Å². The number of carbonyl (C=O) groups is 1. The Balaban J connectivity index is 1.53. The first-order chi connectivity index (χ1) is 21.4. The first-order valence-corrected chi connectivity index (χ1v) is 13.4. The predicted octanol–water partition coefficient (Wildman–Crippen LogP) is 1.78. The number of carbonyl (C=O) groups excluding carboxylic acids is 1. The van der Waals surface area contributed by atoms with Crippen molar-refractivity contribution < 1.29 is 64.3 Å². The molecule has 45 heavy (non-hydrogen) atoms. The summed E-state index contributed by atoms with van der Waals surface area (Å²) in [5.74, 6) is -3.57. The van der Waals surface area contributed by atoms with Crippen molar-refractivity contribution in [3.05, 3.63) is 76.0 Å². The van der Waals surface area contributed by atoms with E-state index < -0.39 is 82.5 Å². The number of hydrogen-bond donors (Lipinski definition) is 8. The highest BCUT2D eigenvalue weighted by Crippen LogP contribution is 2.45. The topological polar surface area (TPSA) is 237 Å². The second-order valence-corrected chi connectivity index (χ2v) is 10.1. The maximum atomic E-state index is 13.2. The van der Waals surface area contributed by atoms with Crippen molar-refractivity contribution in [3.8, 4) is 45.8 Å². The van der Waals surface area contributed by atoms with Crippen LogP contribution in [0.3, 0.4) is 0 Å². The lowest BCUT2D eigenvalue weighted by atomic mass is 9.89. The van der Waals surface area contributed by atoms with Crippen molar-refractivity contribution >= 4 is 23.0 Å². The van der Waals surface area contributed by atoms with Crippen molar-refractivity contribution in [2.45, 2.75) is 30.5 Å². The monoisotopic (exact) mass is 624 g/mol. The van der Waals surface area contributed by atoms with Gasteiger partial charge in [-0.3, -0.25) is 4.79 Å². The molecule has 0 aliphatic carbocycles. The summed E-state index contributed by atoms with van der Waals surface area (Å²) in [4.78, 5) is 26.0. The zero-order valence-electron chi connectivity index (χ0n) is 23.4. The number of phenolic OH excluding ortho intramolecular Hbond substituents is 5. The first kappa shape index (κ1) is 31.2. The number of benzene rings is 3. The van der Waals surface area contributed by atoms with E-state index in [1.807, 2.05) is 0 Å². The predicted molar refractivity (Wildman–Crippen MR) is 155 cm³/mol. The molecule has 0 bridgehead atoms. The van der Waals surface area contributed by atoms with Crippen molar-refractivity contribution in [2.75, 3.05) is 13.7 Å². The molecule has 2 heterocycles. The molecule has 4 aromatic rings. The van der Waals surface area contributed by atoms with E-state index in [4.69, 9.17) is 18.6 Å². The molecule has 0 unspecified atom stereocenters. The van der Waals surface area contributed by atoms with Crippen LogP contribution in [0.2, 0.25) is 0 Å². The highest BCUT2D eigenvalue weighted by molar-refractivity contribution is 5.89. The lowest BCUT2D eigenvalue weighted by Crippen LogP contribution is -2.56. The minimum absolute atomic E-state index is 0.0769. The summed E-state index contributed by atoms with van der Waals surface area (Å²) < 4.78 is 21.8. The van der Waals surface area contributed by atoms with Crippen molar-refractivity contribution in [3.63, 3.8) is 0 Å². The quantitative estimate of drug-likeness (QED) is 0.0831.